The third kappa shape index (κ3) is 3.17. The van der Waals surface area contributed by atoms with E-state index in [0.29, 0.717) is 12.2 Å². The van der Waals surface area contributed by atoms with Crippen molar-refractivity contribution >= 4 is 17.3 Å². The quantitative estimate of drug-likeness (QED) is 0.607. The molecule has 0 heterocycles. The second kappa shape index (κ2) is 5.97. The molecule has 0 aliphatic carbocycles. The van der Waals surface area contributed by atoms with Crippen LogP contribution in [0.15, 0.2) is 18.2 Å². The number of benzene rings is 1. The first-order valence-corrected chi connectivity index (χ1v) is 5.38. The Morgan fingerprint density at radius 3 is 2.78 bits per heavy atom. The molecule has 0 aromatic heterocycles. The number of hydrogen-bond donors (Lipinski definition) is 2. The Morgan fingerprint density at radius 2 is 2.28 bits per heavy atom. The van der Waals surface area contributed by atoms with E-state index in [2.05, 4.69) is 5.32 Å². The summed E-state index contributed by atoms with van der Waals surface area (Å²) in [6.07, 6.45) is 0.454. The summed E-state index contributed by atoms with van der Waals surface area (Å²) in [6, 6.07) is 3.50. The minimum absolute atomic E-state index is 0.106. The summed E-state index contributed by atoms with van der Waals surface area (Å²) < 4.78 is 4.89. The predicted molar refractivity (Wildman–Crippen MR) is 66.5 cm³/mol. The second-order valence-electron chi connectivity index (χ2n) is 3.64. The summed E-state index contributed by atoms with van der Waals surface area (Å²) in [5, 5.41) is 13.3. The minimum Gasteiger partial charge on any atom is -0.496 e. The Morgan fingerprint density at radius 1 is 1.61 bits per heavy atom. The third-order valence-electron chi connectivity index (χ3n) is 2.44. The Hall–Kier alpha value is -2.15. The van der Waals surface area contributed by atoms with Gasteiger partial charge in [-0.3, -0.25) is 14.9 Å². The molecule has 0 aliphatic heterocycles. The fourth-order valence-corrected chi connectivity index (χ4v) is 1.31. The largest absolute Gasteiger partial charge is 0.496 e. The monoisotopic (exact) mass is 253 g/mol. The van der Waals surface area contributed by atoms with Crippen molar-refractivity contribution in [1.82, 2.24) is 0 Å². The summed E-state index contributed by atoms with van der Waals surface area (Å²) >= 11 is 0. The number of nitro benzene ring substituents is 1. The molecule has 0 bridgehead atoms. The van der Waals surface area contributed by atoms with Gasteiger partial charge in [0.1, 0.15) is 11.4 Å². The molecule has 18 heavy (non-hydrogen) atoms. The Labute approximate surface area is 104 Å². The van der Waals surface area contributed by atoms with Crippen LogP contribution >= 0.6 is 0 Å². The number of ether oxygens (including phenoxy) is 1. The number of nitrogens with zero attached hydrogens (tertiary/aromatic N) is 1. The van der Waals surface area contributed by atoms with Gasteiger partial charge in [-0.1, -0.05) is 6.92 Å². The maximum atomic E-state index is 11.6. The zero-order chi connectivity index (χ0) is 13.7. The highest BCUT2D eigenvalue weighted by Crippen LogP contribution is 2.28. The molecule has 1 rings (SSSR count). The fourth-order valence-electron chi connectivity index (χ4n) is 1.31. The lowest BCUT2D eigenvalue weighted by molar-refractivity contribution is -0.384. The van der Waals surface area contributed by atoms with E-state index in [9.17, 15) is 14.9 Å². The van der Waals surface area contributed by atoms with Crippen LogP contribution in [0.5, 0.6) is 5.75 Å². The van der Waals surface area contributed by atoms with Gasteiger partial charge in [-0.05, 0) is 18.6 Å². The van der Waals surface area contributed by atoms with Gasteiger partial charge in [-0.2, -0.15) is 0 Å². The lowest BCUT2D eigenvalue weighted by atomic mass is 10.2. The number of nitro groups is 1. The Balaban J connectivity index is 3.01. The Bertz CT molecular complexity index is 462. The van der Waals surface area contributed by atoms with E-state index in [1.807, 2.05) is 0 Å². The van der Waals surface area contributed by atoms with Crippen LogP contribution in [0.1, 0.15) is 13.3 Å². The maximum absolute atomic E-state index is 11.6. The average Bonchev–Trinajstić information content (AvgIpc) is 2.37. The van der Waals surface area contributed by atoms with E-state index < -0.39 is 16.9 Å². The molecule has 0 fully saturated rings. The lowest BCUT2D eigenvalue weighted by Crippen LogP contribution is -2.34. The summed E-state index contributed by atoms with van der Waals surface area (Å²) in [5.41, 5.74) is 5.42. The smallest absolute Gasteiger partial charge is 0.296 e. The van der Waals surface area contributed by atoms with E-state index in [1.165, 1.54) is 25.3 Å². The molecule has 7 heteroatoms. The van der Waals surface area contributed by atoms with Gasteiger partial charge < -0.3 is 15.8 Å². The number of nitrogens with one attached hydrogen (secondary N) is 1. The molecule has 1 aromatic rings. The van der Waals surface area contributed by atoms with Crippen molar-refractivity contribution in [3.05, 3.63) is 28.3 Å². The van der Waals surface area contributed by atoms with Crippen LogP contribution in [0.4, 0.5) is 11.4 Å². The first kappa shape index (κ1) is 13.9. The topological polar surface area (TPSA) is 107 Å². The molecule has 0 saturated heterocycles. The minimum atomic E-state index is -0.688. The number of carbonyl (C=O) groups is 1. The number of nitrogens with two attached hydrogens (primary N) is 1. The molecule has 98 valence electrons. The van der Waals surface area contributed by atoms with Gasteiger partial charge in [0.2, 0.25) is 5.91 Å². The first-order valence-electron chi connectivity index (χ1n) is 5.38. The number of methoxy groups -OCH3 is 1. The molecule has 0 radical (unpaired) electrons. The van der Waals surface area contributed by atoms with E-state index >= 15 is 0 Å². The molecular formula is C11H15N3O4. The predicted octanol–water partition coefficient (Wildman–Crippen LogP) is 1.28. The number of anilines is 1. The van der Waals surface area contributed by atoms with E-state index in [1.54, 1.807) is 6.92 Å². The van der Waals surface area contributed by atoms with Crippen molar-refractivity contribution < 1.29 is 14.5 Å². The highest BCUT2D eigenvalue weighted by molar-refractivity contribution is 5.96. The van der Waals surface area contributed by atoms with Crippen LogP contribution < -0.4 is 15.8 Å². The highest BCUT2D eigenvalue weighted by Gasteiger charge is 2.19. The molecule has 1 aromatic carbocycles. The fraction of sp³-hybridized carbons (Fsp3) is 0.364. The summed E-state index contributed by atoms with van der Waals surface area (Å²) in [5.74, 6) is -0.106. The van der Waals surface area contributed by atoms with Crippen LogP contribution in [0.3, 0.4) is 0 Å². The maximum Gasteiger partial charge on any atom is 0.296 e. The molecule has 0 saturated carbocycles. The van der Waals surface area contributed by atoms with Gasteiger partial charge in [-0.25, -0.2) is 0 Å². The molecule has 1 atom stereocenters. The Kier molecular flexibility index (Phi) is 4.61. The molecule has 3 N–H and O–H groups in total. The van der Waals surface area contributed by atoms with Gasteiger partial charge in [0.25, 0.3) is 5.69 Å². The van der Waals surface area contributed by atoms with Gasteiger partial charge in [-0.15, -0.1) is 0 Å². The van der Waals surface area contributed by atoms with Crippen molar-refractivity contribution in [3.8, 4) is 5.75 Å². The number of amides is 1. The second-order valence-corrected chi connectivity index (χ2v) is 3.64. The van der Waals surface area contributed by atoms with E-state index in [0.717, 1.165) is 0 Å². The molecule has 0 spiro atoms. The van der Waals surface area contributed by atoms with Gasteiger partial charge in [0.15, 0.2) is 0 Å². The lowest BCUT2D eigenvalue weighted by Gasteiger charge is -2.10. The van der Waals surface area contributed by atoms with E-state index in [-0.39, 0.29) is 11.4 Å². The molecule has 0 unspecified atom stereocenters. The summed E-state index contributed by atoms with van der Waals surface area (Å²) in [6.45, 7) is 1.76. The van der Waals surface area contributed by atoms with Crippen molar-refractivity contribution in [2.45, 2.75) is 19.4 Å². The molecular weight excluding hydrogens is 238 g/mol. The summed E-state index contributed by atoms with van der Waals surface area (Å²) in [4.78, 5) is 21.9. The van der Waals surface area contributed by atoms with Crippen molar-refractivity contribution in [3.63, 3.8) is 0 Å². The van der Waals surface area contributed by atoms with Gasteiger partial charge >= 0.3 is 0 Å². The highest BCUT2D eigenvalue weighted by atomic mass is 16.6. The zero-order valence-electron chi connectivity index (χ0n) is 10.2. The number of carbonyl (C=O) groups excluding carboxylic acids is 1. The van der Waals surface area contributed by atoms with Crippen molar-refractivity contribution in [2.24, 2.45) is 5.73 Å². The zero-order valence-corrected chi connectivity index (χ0v) is 10.2. The molecule has 7 nitrogen and oxygen atoms in total. The van der Waals surface area contributed by atoms with Crippen LogP contribution in [-0.2, 0) is 4.79 Å². The first-order chi connectivity index (χ1) is 8.49. The molecule has 0 aliphatic rings. The van der Waals surface area contributed by atoms with Crippen LogP contribution in [0, 0.1) is 10.1 Å². The van der Waals surface area contributed by atoms with Crippen LogP contribution in [-0.4, -0.2) is 24.0 Å². The van der Waals surface area contributed by atoms with E-state index in [4.69, 9.17) is 10.5 Å². The van der Waals surface area contributed by atoms with Crippen molar-refractivity contribution in [1.29, 1.82) is 0 Å². The van der Waals surface area contributed by atoms with Gasteiger partial charge in [0.05, 0.1) is 24.1 Å². The average molecular weight is 253 g/mol. The third-order valence-corrected chi connectivity index (χ3v) is 2.44. The standard InChI is InChI=1S/C11H15N3O4/c1-3-8(12)11(15)13-9-5-4-7(18-2)6-10(9)14(16)17/h4-6,8H,3,12H2,1-2H3,(H,13,15)/t8-/m0/s1. The normalized spacial score (nSPS) is 11.7. The number of hydrogen-bond acceptors (Lipinski definition) is 5. The van der Waals surface area contributed by atoms with Crippen LogP contribution in [0.25, 0.3) is 0 Å². The van der Waals surface area contributed by atoms with Gasteiger partial charge in [0, 0.05) is 0 Å². The van der Waals surface area contributed by atoms with Crippen molar-refractivity contribution in [2.75, 3.05) is 12.4 Å². The SMILES string of the molecule is CC[C@H](N)C(=O)Nc1ccc(OC)cc1[N+](=O)[O-]. The summed E-state index contributed by atoms with van der Waals surface area (Å²) in [7, 11) is 1.41. The number of rotatable bonds is 5. The molecule has 1 amide bonds. The van der Waals surface area contributed by atoms with Crippen LogP contribution in [0.2, 0.25) is 0 Å².